The van der Waals surface area contributed by atoms with Crippen LogP contribution >= 0.6 is 0 Å². The van der Waals surface area contributed by atoms with Gasteiger partial charge in [-0.15, -0.1) is 0 Å². The lowest BCUT2D eigenvalue weighted by molar-refractivity contribution is -0.660. The quantitative estimate of drug-likeness (QED) is 0.458. The van der Waals surface area contributed by atoms with E-state index < -0.39 is 0 Å². The van der Waals surface area contributed by atoms with Gasteiger partial charge >= 0.3 is 0 Å². The third-order valence-corrected chi connectivity index (χ3v) is 5.15. The van der Waals surface area contributed by atoms with E-state index in [4.69, 9.17) is 4.42 Å². The first-order valence-electron chi connectivity index (χ1n) is 9.33. The Kier molecular flexibility index (Phi) is 4.20. The van der Waals surface area contributed by atoms with Gasteiger partial charge in [-0.3, -0.25) is 0 Å². The van der Waals surface area contributed by atoms with Crippen LogP contribution in [0.2, 0.25) is 0 Å². The molecule has 0 amide bonds. The van der Waals surface area contributed by atoms with Gasteiger partial charge in [0.2, 0.25) is 5.69 Å². The van der Waals surface area contributed by atoms with Gasteiger partial charge in [0.05, 0.1) is 11.6 Å². The molecule has 4 rings (SSSR count). The Bertz CT molecular complexity index is 1210. The molecular weight excluding hydrogens is 332 g/mol. The number of fused-ring (bicyclic) bond motifs is 3. The van der Waals surface area contributed by atoms with E-state index in [1.54, 1.807) is 0 Å². The van der Waals surface area contributed by atoms with Crippen molar-refractivity contribution >= 4 is 21.9 Å². The molecule has 0 saturated carbocycles. The maximum absolute atomic E-state index is 9.63. The summed E-state index contributed by atoms with van der Waals surface area (Å²) in [5.74, 6) is 0.462. The molecule has 134 valence electrons. The Hall–Kier alpha value is -3.12. The van der Waals surface area contributed by atoms with Gasteiger partial charge in [0.25, 0.3) is 0 Å². The lowest BCUT2D eigenvalue weighted by Gasteiger charge is -2.09. The fraction of sp³-hybridized carbons (Fsp3) is 0.250. The Balaban J connectivity index is 2.09. The molecule has 2 aromatic heterocycles. The summed E-state index contributed by atoms with van der Waals surface area (Å²) >= 11 is 0. The molecule has 0 fully saturated rings. The van der Waals surface area contributed by atoms with Crippen molar-refractivity contribution in [3.8, 4) is 17.3 Å². The van der Waals surface area contributed by atoms with Gasteiger partial charge in [-0.25, -0.2) is 4.57 Å². The Labute approximate surface area is 159 Å². The number of nitrogens with zero attached hydrogens (tertiary/aromatic N) is 2. The second-order valence-corrected chi connectivity index (χ2v) is 7.64. The van der Waals surface area contributed by atoms with E-state index in [0.29, 0.717) is 5.92 Å². The zero-order valence-corrected chi connectivity index (χ0v) is 16.2. The first-order valence-corrected chi connectivity index (χ1v) is 9.33. The molecule has 0 N–H and O–H groups in total. The molecule has 0 atom stereocenters. The van der Waals surface area contributed by atoms with E-state index in [0.717, 1.165) is 45.2 Å². The van der Waals surface area contributed by atoms with Crippen molar-refractivity contribution in [3.05, 3.63) is 65.4 Å². The fourth-order valence-electron chi connectivity index (χ4n) is 3.89. The van der Waals surface area contributed by atoms with Crippen LogP contribution in [0.15, 0.2) is 53.1 Å². The lowest BCUT2D eigenvalue weighted by Crippen LogP contribution is -2.30. The van der Waals surface area contributed by atoms with Gasteiger partial charge in [-0.2, -0.15) is 5.26 Å². The molecule has 3 heteroatoms. The van der Waals surface area contributed by atoms with Crippen LogP contribution in [0.3, 0.4) is 0 Å². The number of pyridine rings is 1. The highest BCUT2D eigenvalue weighted by Crippen LogP contribution is 2.37. The smallest absolute Gasteiger partial charge is 0.212 e. The minimum absolute atomic E-state index is 0.462. The largest absolute Gasteiger partial charge is 0.456 e. The Morgan fingerprint density at radius 3 is 2.63 bits per heavy atom. The zero-order chi connectivity index (χ0) is 19.1. The van der Waals surface area contributed by atoms with E-state index in [9.17, 15) is 5.26 Å². The predicted octanol–water partition coefficient (Wildman–Crippen LogP) is 5.46. The first-order chi connectivity index (χ1) is 13.0. The number of aromatic nitrogens is 1. The molecule has 2 aromatic carbocycles. The maximum atomic E-state index is 9.63. The third kappa shape index (κ3) is 2.88. The SMILES string of the molecule is Cc1cc2oc3ccc(C#N)c(CC(C)C)c3c2cc1-c1cccc[n+]1C. The van der Waals surface area contributed by atoms with Gasteiger partial charge in [-0.05, 0) is 60.7 Å². The van der Waals surface area contributed by atoms with Crippen molar-refractivity contribution in [1.82, 2.24) is 0 Å². The monoisotopic (exact) mass is 355 g/mol. The van der Waals surface area contributed by atoms with Crippen LogP contribution in [-0.4, -0.2) is 0 Å². The molecule has 4 aromatic rings. The summed E-state index contributed by atoms with van der Waals surface area (Å²) in [5, 5.41) is 11.8. The molecule has 0 aliphatic heterocycles. The van der Waals surface area contributed by atoms with Crippen molar-refractivity contribution in [2.75, 3.05) is 0 Å². The molecule has 0 aliphatic rings. The van der Waals surface area contributed by atoms with E-state index in [-0.39, 0.29) is 0 Å². The summed E-state index contributed by atoms with van der Waals surface area (Å²) in [5.41, 5.74) is 7.09. The van der Waals surface area contributed by atoms with Gasteiger partial charge in [0.15, 0.2) is 6.20 Å². The van der Waals surface area contributed by atoms with E-state index >= 15 is 0 Å². The highest BCUT2D eigenvalue weighted by atomic mass is 16.3. The van der Waals surface area contributed by atoms with Crippen LogP contribution in [0.1, 0.15) is 30.5 Å². The normalized spacial score (nSPS) is 11.4. The minimum Gasteiger partial charge on any atom is -0.456 e. The van der Waals surface area contributed by atoms with Crippen LogP contribution in [0.25, 0.3) is 33.2 Å². The van der Waals surface area contributed by atoms with Gasteiger partial charge in [0.1, 0.15) is 18.2 Å². The highest BCUT2D eigenvalue weighted by Gasteiger charge is 2.19. The van der Waals surface area contributed by atoms with E-state index in [2.05, 4.69) is 68.9 Å². The molecule has 27 heavy (non-hydrogen) atoms. The molecule has 0 aliphatic carbocycles. The standard InChI is InChI=1S/C24H23N2O/c1-15(2)11-19-17(14-25)8-9-22-24(19)20-13-18(16(3)12-23(20)27-22)21-7-5-6-10-26(21)4/h5-10,12-13,15H,11H2,1-4H3/q+1. The van der Waals surface area contributed by atoms with Crippen molar-refractivity contribution in [2.24, 2.45) is 13.0 Å². The molecule has 2 heterocycles. The third-order valence-electron chi connectivity index (χ3n) is 5.15. The molecular formula is C24H23N2O+. The number of aryl methyl sites for hydroxylation is 2. The first kappa shape index (κ1) is 17.3. The number of nitriles is 1. The minimum atomic E-state index is 0.462. The summed E-state index contributed by atoms with van der Waals surface area (Å²) < 4.78 is 8.29. The zero-order valence-electron chi connectivity index (χ0n) is 16.2. The van der Waals surface area contributed by atoms with E-state index in [1.807, 2.05) is 18.2 Å². The lowest BCUT2D eigenvalue weighted by atomic mass is 9.92. The molecule has 0 unspecified atom stereocenters. The Morgan fingerprint density at radius 2 is 1.93 bits per heavy atom. The number of benzene rings is 2. The number of furan rings is 1. The van der Waals surface area contributed by atoms with Crippen molar-refractivity contribution in [1.29, 1.82) is 5.26 Å². The average molecular weight is 355 g/mol. The molecule has 0 radical (unpaired) electrons. The van der Waals surface area contributed by atoms with Crippen molar-refractivity contribution in [3.63, 3.8) is 0 Å². The van der Waals surface area contributed by atoms with Crippen LogP contribution < -0.4 is 4.57 Å². The number of hydrogen-bond donors (Lipinski definition) is 0. The fourth-order valence-corrected chi connectivity index (χ4v) is 3.89. The number of hydrogen-bond acceptors (Lipinski definition) is 2. The van der Waals surface area contributed by atoms with Crippen LogP contribution in [0, 0.1) is 24.2 Å². The highest BCUT2D eigenvalue weighted by molar-refractivity contribution is 6.09. The molecule has 3 nitrogen and oxygen atoms in total. The number of rotatable bonds is 3. The summed E-state index contributed by atoms with van der Waals surface area (Å²) in [7, 11) is 2.06. The molecule has 0 bridgehead atoms. The molecule has 0 saturated heterocycles. The van der Waals surface area contributed by atoms with Gasteiger partial charge < -0.3 is 4.42 Å². The van der Waals surface area contributed by atoms with Gasteiger partial charge in [0, 0.05) is 28.5 Å². The van der Waals surface area contributed by atoms with E-state index in [1.165, 1.54) is 11.1 Å². The van der Waals surface area contributed by atoms with Crippen LogP contribution in [0.5, 0.6) is 0 Å². The van der Waals surface area contributed by atoms with Crippen molar-refractivity contribution in [2.45, 2.75) is 27.2 Å². The predicted molar refractivity (Wildman–Crippen MR) is 108 cm³/mol. The second-order valence-electron chi connectivity index (χ2n) is 7.64. The van der Waals surface area contributed by atoms with Crippen LogP contribution in [-0.2, 0) is 13.5 Å². The summed E-state index contributed by atoms with van der Waals surface area (Å²) in [4.78, 5) is 0. The second kappa shape index (κ2) is 6.55. The van der Waals surface area contributed by atoms with Gasteiger partial charge in [-0.1, -0.05) is 13.8 Å². The van der Waals surface area contributed by atoms with Crippen LogP contribution in [0.4, 0.5) is 0 Å². The topological polar surface area (TPSA) is 40.8 Å². The summed E-state index contributed by atoms with van der Waals surface area (Å²) in [6.07, 6.45) is 2.92. The van der Waals surface area contributed by atoms with Crippen molar-refractivity contribution < 1.29 is 8.98 Å². The Morgan fingerprint density at radius 1 is 1.11 bits per heavy atom. The molecule has 0 spiro atoms. The average Bonchev–Trinajstić information content (AvgIpc) is 2.99. The summed E-state index contributed by atoms with van der Waals surface area (Å²) in [6.45, 7) is 6.48. The maximum Gasteiger partial charge on any atom is 0.212 e. The summed E-state index contributed by atoms with van der Waals surface area (Å²) in [6, 6.07) is 16.7.